The fourth-order valence-electron chi connectivity index (χ4n) is 2.92. The number of hydrogen-bond donors (Lipinski definition) is 0. The minimum atomic E-state index is -0.349. The number of carbonyl (C=O) groups is 1. The lowest BCUT2D eigenvalue weighted by molar-refractivity contribution is -0.103. The molecule has 4 aromatic rings. The summed E-state index contributed by atoms with van der Waals surface area (Å²) in [7, 11) is 0. The second-order valence-corrected chi connectivity index (χ2v) is 6.80. The number of allylic oxidation sites excluding steroid dienone is 1. The van der Waals surface area contributed by atoms with E-state index in [0.29, 0.717) is 22.4 Å². The molecule has 1 aromatic heterocycles. The number of nitrogens with zero attached hydrogens (tertiary/aromatic N) is 3. The first-order valence-electron chi connectivity index (χ1n) is 8.19. The number of aromatic nitrogens is 3. The Bertz CT molecular complexity index is 1150. The van der Waals surface area contributed by atoms with Crippen LogP contribution in [-0.2, 0) is 4.79 Å². The average molecular weight is 422 g/mol. The van der Waals surface area contributed by atoms with E-state index in [1.54, 1.807) is 16.8 Å². The van der Waals surface area contributed by atoms with Gasteiger partial charge in [-0.2, -0.15) is 0 Å². The Kier molecular flexibility index (Phi) is 4.64. The van der Waals surface area contributed by atoms with Gasteiger partial charge in [-0.1, -0.05) is 45.4 Å². The van der Waals surface area contributed by atoms with Gasteiger partial charge in [-0.05, 0) is 54.1 Å². The number of carbonyl (C=O) groups excluding carboxylic acids is 1. The van der Waals surface area contributed by atoms with Crippen LogP contribution >= 0.6 is 15.9 Å². The zero-order valence-corrected chi connectivity index (χ0v) is 15.6. The molecular weight excluding hydrogens is 409 g/mol. The number of aldehydes is 1. The van der Waals surface area contributed by atoms with Crippen molar-refractivity contribution in [2.75, 3.05) is 0 Å². The van der Waals surface area contributed by atoms with E-state index in [-0.39, 0.29) is 5.82 Å². The van der Waals surface area contributed by atoms with Crippen molar-refractivity contribution < 1.29 is 9.18 Å². The van der Waals surface area contributed by atoms with Crippen LogP contribution in [0.15, 0.2) is 77.3 Å². The number of benzene rings is 3. The second kappa shape index (κ2) is 7.25. The van der Waals surface area contributed by atoms with Crippen molar-refractivity contribution in [3.63, 3.8) is 0 Å². The summed E-state index contributed by atoms with van der Waals surface area (Å²) in [4.78, 5) is 12.1. The van der Waals surface area contributed by atoms with Crippen LogP contribution in [0.2, 0.25) is 0 Å². The van der Waals surface area contributed by atoms with Crippen LogP contribution in [0.5, 0.6) is 0 Å². The minimum Gasteiger partial charge on any atom is -0.298 e. The first-order chi connectivity index (χ1) is 13.2. The Balaban J connectivity index is 2.04. The van der Waals surface area contributed by atoms with Gasteiger partial charge >= 0.3 is 0 Å². The highest BCUT2D eigenvalue weighted by Crippen LogP contribution is 2.29. The molecule has 0 unspecified atom stereocenters. The summed E-state index contributed by atoms with van der Waals surface area (Å²) >= 11 is 3.40. The van der Waals surface area contributed by atoms with Gasteiger partial charge in [0.25, 0.3) is 0 Å². The van der Waals surface area contributed by atoms with Crippen molar-refractivity contribution >= 4 is 44.5 Å². The van der Waals surface area contributed by atoms with Crippen molar-refractivity contribution in [1.82, 2.24) is 15.0 Å². The number of fused-ring (bicyclic) bond motifs is 1. The van der Waals surface area contributed by atoms with Crippen molar-refractivity contribution in [2.24, 2.45) is 0 Å². The van der Waals surface area contributed by atoms with E-state index in [2.05, 4.69) is 26.2 Å². The summed E-state index contributed by atoms with van der Waals surface area (Å²) in [6.07, 6.45) is 0.790. The standard InChI is InChI=1S/C21H13BrFN3O/c22-16-9-5-14(6-10-16)18(13-27)21(15-7-11-17(23)12-8-15)26-20-4-2-1-3-19(20)24-25-26/h1-13H/b21-18-. The Hall–Kier alpha value is -3.12. The summed E-state index contributed by atoms with van der Waals surface area (Å²) in [5.41, 5.74) is 3.83. The van der Waals surface area contributed by atoms with Crippen LogP contribution in [0.4, 0.5) is 4.39 Å². The maximum Gasteiger partial charge on any atom is 0.152 e. The average Bonchev–Trinajstić information content (AvgIpc) is 3.12. The molecular formula is C21H13BrFN3O. The predicted octanol–water partition coefficient (Wildman–Crippen LogP) is 4.95. The topological polar surface area (TPSA) is 47.8 Å². The van der Waals surface area contributed by atoms with Gasteiger partial charge in [0.2, 0.25) is 0 Å². The number of halogens is 2. The molecule has 0 N–H and O–H groups in total. The van der Waals surface area contributed by atoms with Gasteiger partial charge in [-0.3, -0.25) is 4.79 Å². The van der Waals surface area contributed by atoms with Crippen LogP contribution < -0.4 is 0 Å². The summed E-state index contributed by atoms with van der Waals surface area (Å²) in [6.45, 7) is 0. The first kappa shape index (κ1) is 17.3. The van der Waals surface area contributed by atoms with Gasteiger partial charge in [-0.25, -0.2) is 9.07 Å². The molecule has 0 saturated heterocycles. The van der Waals surface area contributed by atoms with Gasteiger partial charge in [0, 0.05) is 15.6 Å². The van der Waals surface area contributed by atoms with E-state index < -0.39 is 0 Å². The fraction of sp³-hybridized carbons (Fsp3) is 0. The Morgan fingerprint density at radius 2 is 1.59 bits per heavy atom. The van der Waals surface area contributed by atoms with Crippen LogP contribution in [0.1, 0.15) is 11.1 Å². The molecule has 4 rings (SSSR count). The lowest BCUT2D eigenvalue weighted by Crippen LogP contribution is -2.06. The largest absolute Gasteiger partial charge is 0.298 e. The zero-order valence-electron chi connectivity index (χ0n) is 14.0. The smallest absolute Gasteiger partial charge is 0.152 e. The molecule has 1 heterocycles. The van der Waals surface area contributed by atoms with Gasteiger partial charge < -0.3 is 0 Å². The molecule has 4 nitrogen and oxygen atoms in total. The zero-order chi connectivity index (χ0) is 18.8. The number of rotatable bonds is 4. The maximum atomic E-state index is 13.5. The predicted molar refractivity (Wildman–Crippen MR) is 106 cm³/mol. The quantitative estimate of drug-likeness (QED) is 0.266. The fourth-order valence-corrected chi connectivity index (χ4v) is 3.19. The summed E-state index contributed by atoms with van der Waals surface area (Å²) < 4.78 is 16.0. The van der Waals surface area contributed by atoms with Crippen molar-refractivity contribution in [1.29, 1.82) is 0 Å². The van der Waals surface area contributed by atoms with E-state index in [4.69, 9.17) is 0 Å². The lowest BCUT2D eigenvalue weighted by Gasteiger charge is -2.13. The van der Waals surface area contributed by atoms with E-state index in [1.807, 2.05) is 48.5 Å². The molecule has 3 aromatic carbocycles. The highest BCUT2D eigenvalue weighted by molar-refractivity contribution is 9.10. The molecule has 0 spiro atoms. The summed E-state index contributed by atoms with van der Waals surface area (Å²) in [6, 6.07) is 20.9. The van der Waals surface area contributed by atoms with Crippen LogP contribution in [0.3, 0.4) is 0 Å². The molecule has 132 valence electrons. The molecule has 0 saturated carbocycles. The lowest BCUT2D eigenvalue weighted by atomic mass is 10.00. The van der Waals surface area contributed by atoms with Gasteiger partial charge in [-0.15, -0.1) is 5.10 Å². The normalized spacial score (nSPS) is 12.1. The van der Waals surface area contributed by atoms with Crippen LogP contribution in [0, 0.1) is 5.82 Å². The summed E-state index contributed by atoms with van der Waals surface area (Å²) in [5.74, 6) is -0.349. The van der Waals surface area contributed by atoms with Gasteiger partial charge in [0.1, 0.15) is 11.3 Å². The molecule has 0 amide bonds. The maximum absolute atomic E-state index is 13.5. The SMILES string of the molecule is O=C/C(=C(\c1ccc(F)cc1)n1nnc2ccccc21)c1ccc(Br)cc1. The minimum absolute atomic E-state index is 0.349. The van der Waals surface area contributed by atoms with Crippen LogP contribution in [-0.4, -0.2) is 21.3 Å². The molecule has 0 aliphatic rings. The molecule has 6 heteroatoms. The molecule has 0 atom stereocenters. The van der Waals surface area contributed by atoms with Gasteiger partial charge in [0.15, 0.2) is 6.29 Å². The number of hydrogen-bond acceptors (Lipinski definition) is 3. The Labute approximate surface area is 163 Å². The van der Waals surface area contributed by atoms with Crippen molar-refractivity contribution in [3.05, 3.63) is 94.2 Å². The van der Waals surface area contributed by atoms with Crippen LogP contribution in [0.25, 0.3) is 22.3 Å². The third kappa shape index (κ3) is 3.31. The molecule has 0 aliphatic carbocycles. The van der Waals surface area contributed by atoms with E-state index in [9.17, 15) is 9.18 Å². The molecule has 0 fully saturated rings. The van der Waals surface area contributed by atoms with E-state index >= 15 is 0 Å². The van der Waals surface area contributed by atoms with Crippen molar-refractivity contribution in [2.45, 2.75) is 0 Å². The van der Waals surface area contributed by atoms with Gasteiger partial charge in [0.05, 0.1) is 11.2 Å². The highest BCUT2D eigenvalue weighted by atomic mass is 79.9. The highest BCUT2D eigenvalue weighted by Gasteiger charge is 2.17. The third-order valence-corrected chi connectivity index (χ3v) is 4.74. The van der Waals surface area contributed by atoms with E-state index in [1.165, 1.54) is 12.1 Å². The van der Waals surface area contributed by atoms with Crippen molar-refractivity contribution in [3.8, 4) is 0 Å². The molecule has 0 aliphatic heterocycles. The molecule has 0 bridgehead atoms. The first-order valence-corrected chi connectivity index (χ1v) is 8.99. The van der Waals surface area contributed by atoms with E-state index in [0.717, 1.165) is 21.8 Å². The Morgan fingerprint density at radius 1 is 0.926 bits per heavy atom. The summed E-state index contributed by atoms with van der Waals surface area (Å²) in [5, 5.41) is 8.44. The monoisotopic (exact) mass is 421 g/mol. The number of para-hydroxylation sites is 1. The molecule has 27 heavy (non-hydrogen) atoms. The Morgan fingerprint density at radius 3 is 2.30 bits per heavy atom. The third-order valence-electron chi connectivity index (χ3n) is 4.21. The molecule has 0 radical (unpaired) electrons. The second-order valence-electron chi connectivity index (χ2n) is 5.88.